The van der Waals surface area contributed by atoms with E-state index >= 15 is 0 Å². The number of rotatable bonds is 5. The minimum Gasteiger partial charge on any atom is -0.449 e. The first kappa shape index (κ1) is 19.3. The molecule has 0 radical (unpaired) electrons. The molecule has 1 aliphatic carbocycles. The number of ether oxygens (including phenoxy) is 1. The molecule has 2 aromatic rings. The van der Waals surface area contributed by atoms with Gasteiger partial charge in [-0.3, -0.25) is 9.78 Å². The highest BCUT2D eigenvalue weighted by molar-refractivity contribution is 6.06. The molecule has 0 aliphatic heterocycles. The molecule has 1 aromatic carbocycles. The molecule has 5 nitrogen and oxygen atoms in total. The SMILES string of the molecule is CC(C)N(C(=O)[C@@H](C)OC(=O)c1c2c(nc3ccccc13)CCC2)C(C)C. The van der Waals surface area contributed by atoms with Crippen molar-refractivity contribution in [1.82, 2.24) is 9.88 Å². The van der Waals surface area contributed by atoms with Crippen molar-refractivity contribution in [3.63, 3.8) is 0 Å². The van der Waals surface area contributed by atoms with Crippen LogP contribution in [0.15, 0.2) is 24.3 Å². The summed E-state index contributed by atoms with van der Waals surface area (Å²) in [5.41, 5.74) is 3.33. The van der Waals surface area contributed by atoms with Gasteiger partial charge in [-0.25, -0.2) is 4.79 Å². The fourth-order valence-electron chi connectivity index (χ4n) is 4.03. The first-order chi connectivity index (χ1) is 12.8. The molecule has 27 heavy (non-hydrogen) atoms. The first-order valence-corrected chi connectivity index (χ1v) is 9.75. The molecule has 0 spiro atoms. The van der Waals surface area contributed by atoms with Crippen LogP contribution in [0, 0.1) is 0 Å². The molecular formula is C22H28N2O3. The molecule has 0 saturated carbocycles. The van der Waals surface area contributed by atoms with Crippen molar-refractivity contribution in [2.24, 2.45) is 0 Å². The Labute approximate surface area is 160 Å². The Hall–Kier alpha value is -2.43. The Kier molecular flexibility index (Phi) is 5.49. The van der Waals surface area contributed by atoms with E-state index in [2.05, 4.69) is 0 Å². The highest BCUT2D eigenvalue weighted by Crippen LogP contribution is 2.30. The van der Waals surface area contributed by atoms with Crippen LogP contribution in [0.4, 0.5) is 0 Å². The zero-order valence-corrected chi connectivity index (χ0v) is 16.8. The summed E-state index contributed by atoms with van der Waals surface area (Å²) in [6.45, 7) is 9.53. The number of amides is 1. The van der Waals surface area contributed by atoms with Crippen molar-refractivity contribution >= 4 is 22.8 Å². The Morgan fingerprint density at radius 2 is 1.70 bits per heavy atom. The smallest absolute Gasteiger partial charge is 0.339 e. The molecule has 1 aliphatic rings. The molecule has 1 atom stereocenters. The molecule has 0 unspecified atom stereocenters. The van der Waals surface area contributed by atoms with Crippen LogP contribution in [0.1, 0.15) is 62.7 Å². The Morgan fingerprint density at radius 3 is 2.37 bits per heavy atom. The number of aromatic nitrogens is 1. The average Bonchev–Trinajstić information content (AvgIpc) is 3.06. The van der Waals surface area contributed by atoms with E-state index in [-0.39, 0.29) is 18.0 Å². The van der Waals surface area contributed by atoms with Crippen molar-refractivity contribution in [2.45, 2.75) is 72.1 Å². The lowest BCUT2D eigenvalue weighted by atomic mass is 10.0. The topological polar surface area (TPSA) is 59.5 Å². The highest BCUT2D eigenvalue weighted by Gasteiger charge is 2.30. The predicted octanol–water partition coefficient (Wildman–Crippen LogP) is 3.91. The predicted molar refractivity (Wildman–Crippen MR) is 106 cm³/mol. The molecule has 0 bridgehead atoms. The molecule has 5 heteroatoms. The zero-order valence-electron chi connectivity index (χ0n) is 16.8. The number of pyridine rings is 1. The van der Waals surface area contributed by atoms with Crippen LogP contribution in [0.2, 0.25) is 0 Å². The maximum absolute atomic E-state index is 13.1. The van der Waals surface area contributed by atoms with E-state index in [9.17, 15) is 9.59 Å². The maximum atomic E-state index is 13.1. The Morgan fingerprint density at radius 1 is 1.04 bits per heavy atom. The van der Waals surface area contributed by atoms with Crippen molar-refractivity contribution in [1.29, 1.82) is 0 Å². The molecule has 0 N–H and O–H groups in total. The lowest BCUT2D eigenvalue weighted by Gasteiger charge is -2.32. The minimum atomic E-state index is -0.828. The van der Waals surface area contributed by atoms with Gasteiger partial charge in [0.2, 0.25) is 0 Å². The first-order valence-electron chi connectivity index (χ1n) is 9.75. The third-order valence-corrected chi connectivity index (χ3v) is 5.12. The molecular weight excluding hydrogens is 340 g/mol. The van der Waals surface area contributed by atoms with Gasteiger partial charge in [0.05, 0.1) is 11.1 Å². The van der Waals surface area contributed by atoms with E-state index in [1.807, 2.05) is 52.0 Å². The number of carbonyl (C=O) groups is 2. The van der Waals surface area contributed by atoms with Gasteiger partial charge in [-0.05, 0) is 65.5 Å². The second kappa shape index (κ2) is 7.67. The number of para-hydroxylation sites is 1. The van der Waals surface area contributed by atoms with Gasteiger partial charge in [0, 0.05) is 23.2 Å². The fourth-order valence-corrected chi connectivity index (χ4v) is 4.03. The summed E-state index contributed by atoms with van der Waals surface area (Å²) in [5.74, 6) is -0.594. The summed E-state index contributed by atoms with van der Waals surface area (Å²) in [5, 5.41) is 0.798. The minimum absolute atomic E-state index is 0.0460. The summed E-state index contributed by atoms with van der Waals surface area (Å²) >= 11 is 0. The lowest BCUT2D eigenvalue weighted by Crippen LogP contribution is -2.47. The summed E-state index contributed by atoms with van der Waals surface area (Å²) in [7, 11) is 0. The number of esters is 1. The third kappa shape index (κ3) is 3.68. The maximum Gasteiger partial charge on any atom is 0.339 e. The van der Waals surface area contributed by atoms with Crippen molar-refractivity contribution in [2.75, 3.05) is 0 Å². The van der Waals surface area contributed by atoms with Crippen molar-refractivity contribution in [3.05, 3.63) is 41.1 Å². The molecule has 1 aromatic heterocycles. The second-order valence-electron chi connectivity index (χ2n) is 7.76. The summed E-state index contributed by atoms with van der Waals surface area (Å²) in [6.07, 6.45) is 1.86. The normalized spacial score (nSPS) is 14.5. The molecule has 0 fully saturated rings. The van der Waals surface area contributed by atoms with Crippen LogP contribution in [-0.2, 0) is 22.4 Å². The van der Waals surface area contributed by atoms with Crippen LogP contribution < -0.4 is 0 Å². The number of nitrogens with zero attached hydrogens (tertiary/aromatic N) is 2. The van der Waals surface area contributed by atoms with E-state index in [0.29, 0.717) is 5.56 Å². The van der Waals surface area contributed by atoms with Gasteiger partial charge in [-0.1, -0.05) is 18.2 Å². The quantitative estimate of drug-likeness (QED) is 0.751. The van der Waals surface area contributed by atoms with Gasteiger partial charge in [0.1, 0.15) is 0 Å². The lowest BCUT2D eigenvalue weighted by molar-refractivity contribution is -0.143. The molecule has 3 rings (SSSR count). The summed E-state index contributed by atoms with van der Waals surface area (Å²) in [6, 6.07) is 7.73. The van der Waals surface area contributed by atoms with Crippen LogP contribution in [0.5, 0.6) is 0 Å². The summed E-state index contributed by atoms with van der Waals surface area (Å²) < 4.78 is 5.65. The van der Waals surface area contributed by atoms with E-state index < -0.39 is 12.1 Å². The molecule has 1 amide bonds. The summed E-state index contributed by atoms with van der Waals surface area (Å²) in [4.78, 5) is 32.4. The van der Waals surface area contributed by atoms with Gasteiger partial charge in [-0.2, -0.15) is 0 Å². The second-order valence-corrected chi connectivity index (χ2v) is 7.76. The van der Waals surface area contributed by atoms with Gasteiger partial charge in [-0.15, -0.1) is 0 Å². The number of benzene rings is 1. The van der Waals surface area contributed by atoms with E-state index in [4.69, 9.17) is 9.72 Å². The number of carbonyl (C=O) groups excluding carboxylic acids is 2. The van der Waals surface area contributed by atoms with Crippen LogP contribution in [0.25, 0.3) is 10.9 Å². The van der Waals surface area contributed by atoms with E-state index in [0.717, 1.165) is 41.4 Å². The largest absolute Gasteiger partial charge is 0.449 e. The van der Waals surface area contributed by atoms with Crippen molar-refractivity contribution in [3.8, 4) is 0 Å². The van der Waals surface area contributed by atoms with Crippen LogP contribution in [0.3, 0.4) is 0 Å². The van der Waals surface area contributed by atoms with Gasteiger partial charge < -0.3 is 9.64 Å². The standard InChI is InChI=1S/C22H28N2O3/c1-13(2)24(14(3)4)21(25)15(5)27-22(26)20-16-9-6-7-11-18(16)23-19-12-8-10-17(19)20/h6-7,9,11,13-15H,8,10,12H2,1-5H3/t15-/m1/s1. The van der Waals surface area contributed by atoms with E-state index in [1.165, 1.54) is 0 Å². The van der Waals surface area contributed by atoms with Crippen molar-refractivity contribution < 1.29 is 14.3 Å². The average molecular weight is 368 g/mol. The highest BCUT2D eigenvalue weighted by atomic mass is 16.5. The van der Waals surface area contributed by atoms with E-state index in [1.54, 1.807) is 11.8 Å². The Balaban J connectivity index is 1.92. The van der Waals surface area contributed by atoms with Gasteiger partial charge >= 0.3 is 5.97 Å². The number of hydrogen-bond donors (Lipinski definition) is 0. The third-order valence-electron chi connectivity index (χ3n) is 5.12. The molecule has 0 saturated heterocycles. The van der Waals surface area contributed by atoms with Gasteiger partial charge in [0.25, 0.3) is 5.91 Å². The molecule has 144 valence electrons. The fraction of sp³-hybridized carbons (Fsp3) is 0.500. The van der Waals surface area contributed by atoms with Crippen LogP contribution >= 0.6 is 0 Å². The zero-order chi connectivity index (χ0) is 19.7. The van der Waals surface area contributed by atoms with Gasteiger partial charge in [0.15, 0.2) is 6.10 Å². The van der Waals surface area contributed by atoms with Crippen LogP contribution in [-0.4, -0.2) is 39.9 Å². The monoisotopic (exact) mass is 368 g/mol. The number of aryl methyl sites for hydroxylation is 1. The Bertz CT molecular complexity index is 865. The number of fused-ring (bicyclic) bond motifs is 2. The number of hydrogen-bond acceptors (Lipinski definition) is 4. The molecule has 1 heterocycles.